The summed E-state index contributed by atoms with van der Waals surface area (Å²) in [6.07, 6.45) is 0. The predicted molar refractivity (Wildman–Crippen MR) is 79.3 cm³/mol. The minimum absolute atomic E-state index is 0.376. The van der Waals surface area contributed by atoms with Gasteiger partial charge in [-0.25, -0.2) is 4.79 Å². The quantitative estimate of drug-likeness (QED) is 0.899. The number of amides is 2. The van der Waals surface area contributed by atoms with Crippen LogP contribution >= 0.6 is 11.6 Å². The smallest absolute Gasteiger partial charge is 0.323 e. The van der Waals surface area contributed by atoms with Crippen molar-refractivity contribution in [2.75, 3.05) is 11.9 Å². The molecule has 0 heterocycles. The lowest BCUT2D eigenvalue weighted by Crippen LogP contribution is -2.50. The zero-order chi connectivity index (χ0) is 15.5. The summed E-state index contributed by atoms with van der Waals surface area (Å²) in [4.78, 5) is 24.4. The normalized spacial score (nSPS) is 11.1. The minimum atomic E-state index is -1.06. The van der Waals surface area contributed by atoms with Crippen LogP contribution in [0.15, 0.2) is 18.2 Å². The van der Waals surface area contributed by atoms with E-state index in [4.69, 9.17) is 16.7 Å². The van der Waals surface area contributed by atoms with Crippen LogP contribution in [0.4, 0.5) is 10.5 Å². The molecule has 1 aromatic rings. The summed E-state index contributed by atoms with van der Waals surface area (Å²) in [5, 5.41) is 12.0. The average Bonchev–Trinajstić information content (AvgIpc) is 2.29. The topological polar surface area (TPSA) is 69.6 Å². The van der Waals surface area contributed by atoms with E-state index in [0.29, 0.717) is 10.7 Å². The second kappa shape index (κ2) is 6.13. The van der Waals surface area contributed by atoms with E-state index in [-0.39, 0.29) is 6.54 Å². The lowest BCUT2D eigenvalue weighted by molar-refractivity contribution is -0.138. The number of rotatable bonds is 3. The summed E-state index contributed by atoms with van der Waals surface area (Å²) in [5.74, 6) is -1.06. The summed E-state index contributed by atoms with van der Waals surface area (Å²) in [7, 11) is 0. The van der Waals surface area contributed by atoms with Gasteiger partial charge in [-0.2, -0.15) is 0 Å². The van der Waals surface area contributed by atoms with Crippen LogP contribution in [0, 0.1) is 6.92 Å². The molecule has 1 aromatic carbocycles. The Balaban J connectivity index is 3.00. The summed E-state index contributed by atoms with van der Waals surface area (Å²) in [5.41, 5.74) is 0.700. The summed E-state index contributed by atoms with van der Waals surface area (Å²) >= 11 is 6.05. The number of aryl methyl sites for hydroxylation is 1. The number of urea groups is 1. The van der Waals surface area contributed by atoms with Gasteiger partial charge in [-0.1, -0.05) is 23.7 Å². The van der Waals surface area contributed by atoms with Crippen LogP contribution in [0.25, 0.3) is 0 Å². The Kier molecular flexibility index (Phi) is 5.00. The van der Waals surface area contributed by atoms with Crippen molar-refractivity contribution in [3.05, 3.63) is 28.8 Å². The van der Waals surface area contributed by atoms with Crippen LogP contribution in [-0.2, 0) is 4.79 Å². The van der Waals surface area contributed by atoms with Gasteiger partial charge in [0.05, 0.1) is 10.7 Å². The molecular formula is C14H19ClN2O3. The molecule has 0 saturated heterocycles. The van der Waals surface area contributed by atoms with Gasteiger partial charge in [-0.15, -0.1) is 0 Å². The highest BCUT2D eigenvalue weighted by Gasteiger charge is 2.29. The van der Waals surface area contributed by atoms with Crippen molar-refractivity contribution in [1.29, 1.82) is 0 Å². The monoisotopic (exact) mass is 298 g/mol. The molecule has 0 aliphatic rings. The van der Waals surface area contributed by atoms with E-state index in [1.807, 2.05) is 13.0 Å². The molecule has 110 valence electrons. The van der Waals surface area contributed by atoms with Crippen LogP contribution in [0.2, 0.25) is 5.02 Å². The molecule has 0 aromatic heterocycles. The van der Waals surface area contributed by atoms with Gasteiger partial charge >= 0.3 is 12.0 Å². The van der Waals surface area contributed by atoms with E-state index in [9.17, 15) is 9.59 Å². The first-order valence-corrected chi connectivity index (χ1v) is 6.56. The maximum absolute atomic E-state index is 12.3. The number of anilines is 1. The predicted octanol–water partition coefficient (Wildman–Crippen LogP) is 3.37. The van der Waals surface area contributed by atoms with Crippen molar-refractivity contribution < 1.29 is 14.7 Å². The van der Waals surface area contributed by atoms with E-state index in [2.05, 4.69) is 5.32 Å². The van der Waals surface area contributed by atoms with Crippen LogP contribution in [0.3, 0.4) is 0 Å². The van der Waals surface area contributed by atoms with Crippen LogP contribution in [0.1, 0.15) is 26.3 Å². The highest BCUT2D eigenvalue weighted by Crippen LogP contribution is 2.26. The fourth-order valence-corrected chi connectivity index (χ4v) is 1.98. The van der Waals surface area contributed by atoms with Crippen LogP contribution in [-0.4, -0.2) is 34.1 Å². The van der Waals surface area contributed by atoms with Gasteiger partial charge in [0.25, 0.3) is 0 Å². The molecule has 2 N–H and O–H groups in total. The molecule has 5 nitrogen and oxygen atoms in total. The maximum atomic E-state index is 12.3. The number of carboxylic acid groups (broad SMARTS) is 1. The standard InChI is InChI=1S/C14H19ClN2O3/c1-9-6-5-7-10(15)12(9)16-13(20)17(8-11(18)19)14(2,3)4/h5-7H,8H2,1-4H3,(H,16,20)(H,18,19). The Morgan fingerprint density at radius 2 is 1.95 bits per heavy atom. The number of para-hydroxylation sites is 1. The molecule has 1 rings (SSSR count). The van der Waals surface area contributed by atoms with Gasteiger partial charge in [-0.3, -0.25) is 4.79 Å². The molecule has 0 atom stereocenters. The van der Waals surface area contributed by atoms with E-state index >= 15 is 0 Å². The molecule has 6 heteroatoms. The fraction of sp³-hybridized carbons (Fsp3) is 0.429. The minimum Gasteiger partial charge on any atom is -0.480 e. The molecule has 20 heavy (non-hydrogen) atoms. The number of hydrogen-bond donors (Lipinski definition) is 2. The lowest BCUT2D eigenvalue weighted by atomic mass is 10.1. The lowest BCUT2D eigenvalue weighted by Gasteiger charge is -2.34. The maximum Gasteiger partial charge on any atom is 0.323 e. The Morgan fingerprint density at radius 1 is 1.35 bits per heavy atom. The van der Waals surface area contributed by atoms with E-state index in [1.165, 1.54) is 4.90 Å². The number of aliphatic carboxylic acids is 1. The van der Waals surface area contributed by atoms with Crippen molar-refractivity contribution in [2.24, 2.45) is 0 Å². The Morgan fingerprint density at radius 3 is 2.40 bits per heavy atom. The number of nitrogens with zero attached hydrogens (tertiary/aromatic N) is 1. The van der Waals surface area contributed by atoms with Crippen LogP contribution in [0.5, 0.6) is 0 Å². The van der Waals surface area contributed by atoms with Gasteiger partial charge in [0.15, 0.2) is 0 Å². The molecule has 0 fully saturated rings. The fourth-order valence-electron chi connectivity index (χ4n) is 1.71. The number of carbonyl (C=O) groups is 2. The van der Waals surface area contributed by atoms with Crippen molar-refractivity contribution in [1.82, 2.24) is 4.90 Å². The molecule has 0 bridgehead atoms. The number of carbonyl (C=O) groups excluding carboxylic acids is 1. The third kappa shape index (κ3) is 4.13. The molecular weight excluding hydrogens is 280 g/mol. The third-order valence-corrected chi connectivity index (χ3v) is 3.12. The van der Waals surface area contributed by atoms with Crippen molar-refractivity contribution >= 4 is 29.3 Å². The van der Waals surface area contributed by atoms with Crippen molar-refractivity contribution in [3.8, 4) is 0 Å². The molecule has 0 aliphatic heterocycles. The number of carboxylic acids is 1. The molecule has 0 aliphatic carbocycles. The number of nitrogens with one attached hydrogen (secondary N) is 1. The second-order valence-electron chi connectivity index (χ2n) is 5.51. The average molecular weight is 299 g/mol. The molecule has 2 amide bonds. The van der Waals surface area contributed by atoms with Gasteiger partial charge in [-0.05, 0) is 39.3 Å². The number of hydrogen-bond acceptors (Lipinski definition) is 2. The zero-order valence-electron chi connectivity index (χ0n) is 12.0. The molecule has 0 saturated carbocycles. The van der Waals surface area contributed by atoms with Crippen LogP contribution < -0.4 is 5.32 Å². The molecule has 0 radical (unpaired) electrons. The van der Waals surface area contributed by atoms with Gasteiger partial charge in [0.1, 0.15) is 6.54 Å². The van der Waals surface area contributed by atoms with E-state index in [1.54, 1.807) is 32.9 Å². The van der Waals surface area contributed by atoms with Crippen molar-refractivity contribution in [3.63, 3.8) is 0 Å². The second-order valence-corrected chi connectivity index (χ2v) is 5.92. The Hall–Kier alpha value is -1.75. The largest absolute Gasteiger partial charge is 0.480 e. The Bertz CT molecular complexity index is 503. The number of halogens is 1. The van der Waals surface area contributed by atoms with Gasteiger partial charge in [0.2, 0.25) is 0 Å². The molecule has 0 unspecified atom stereocenters. The first kappa shape index (κ1) is 16.3. The molecule has 0 spiro atoms. The van der Waals surface area contributed by atoms with Gasteiger partial charge in [0, 0.05) is 5.54 Å². The number of benzene rings is 1. The SMILES string of the molecule is Cc1cccc(Cl)c1NC(=O)N(CC(=O)O)C(C)(C)C. The van der Waals surface area contributed by atoms with E-state index in [0.717, 1.165) is 5.56 Å². The highest BCUT2D eigenvalue weighted by atomic mass is 35.5. The first-order valence-electron chi connectivity index (χ1n) is 6.18. The third-order valence-electron chi connectivity index (χ3n) is 2.80. The van der Waals surface area contributed by atoms with Gasteiger partial charge < -0.3 is 15.3 Å². The van der Waals surface area contributed by atoms with E-state index < -0.39 is 17.5 Å². The summed E-state index contributed by atoms with van der Waals surface area (Å²) < 4.78 is 0. The summed E-state index contributed by atoms with van der Waals surface area (Å²) in [6, 6.07) is 4.78. The first-order chi connectivity index (χ1) is 9.12. The summed E-state index contributed by atoms with van der Waals surface area (Å²) in [6.45, 7) is 6.76. The Labute approximate surface area is 123 Å². The zero-order valence-corrected chi connectivity index (χ0v) is 12.8. The highest BCUT2D eigenvalue weighted by molar-refractivity contribution is 6.33. The van der Waals surface area contributed by atoms with Crippen molar-refractivity contribution in [2.45, 2.75) is 33.2 Å².